The fourth-order valence-electron chi connectivity index (χ4n) is 3.93. The van der Waals surface area contributed by atoms with Crippen molar-refractivity contribution in [3.63, 3.8) is 0 Å². The number of ketones is 1. The summed E-state index contributed by atoms with van der Waals surface area (Å²) >= 11 is 7.50. The van der Waals surface area contributed by atoms with Gasteiger partial charge < -0.3 is 9.84 Å². The molecule has 4 aromatic rings. The van der Waals surface area contributed by atoms with Crippen molar-refractivity contribution in [2.45, 2.75) is 13.0 Å². The Morgan fingerprint density at radius 3 is 2.65 bits per heavy atom. The van der Waals surface area contributed by atoms with E-state index in [4.69, 9.17) is 16.3 Å². The first-order chi connectivity index (χ1) is 16.5. The van der Waals surface area contributed by atoms with E-state index in [0.717, 1.165) is 10.2 Å². The van der Waals surface area contributed by atoms with Gasteiger partial charge in [0.2, 0.25) is 0 Å². The molecule has 1 amide bonds. The Kier molecular flexibility index (Phi) is 5.77. The summed E-state index contributed by atoms with van der Waals surface area (Å²) in [7, 11) is 0. The Morgan fingerprint density at radius 1 is 1.15 bits per heavy atom. The third-order valence-corrected chi connectivity index (χ3v) is 6.81. The first kappa shape index (κ1) is 22.1. The maximum absolute atomic E-state index is 13.3. The molecule has 5 rings (SSSR count). The predicted molar refractivity (Wildman–Crippen MR) is 131 cm³/mol. The van der Waals surface area contributed by atoms with Crippen LogP contribution in [0.25, 0.3) is 16.0 Å². The number of rotatable bonds is 5. The molecule has 0 aliphatic carbocycles. The Labute approximate surface area is 203 Å². The Bertz CT molecular complexity index is 1420. The smallest absolute Gasteiger partial charge is 0.301 e. The number of ether oxygens (including phenoxy) is 1. The number of fused-ring (bicyclic) bond motifs is 1. The zero-order chi connectivity index (χ0) is 23.8. The van der Waals surface area contributed by atoms with Crippen molar-refractivity contribution in [1.82, 2.24) is 9.97 Å². The summed E-state index contributed by atoms with van der Waals surface area (Å²) in [6.07, 6.45) is 3.15. The van der Waals surface area contributed by atoms with Gasteiger partial charge in [-0.2, -0.15) is 0 Å². The van der Waals surface area contributed by atoms with E-state index in [-0.39, 0.29) is 11.3 Å². The second kappa shape index (κ2) is 8.89. The lowest BCUT2D eigenvalue weighted by Gasteiger charge is -2.22. The second-order valence-corrected chi connectivity index (χ2v) is 8.91. The van der Waals surface area contributed by atoms with Crippen LogP contribution in [-0.2, 0) is 9.59 Å². The Morgan fingerprint density at radius 2 is 1.91 bits per heavy atom. The van der Waals surface area contributed by atoms with E-state index in [1.807, 2.05) is 31.2 Å². The number of amides is 1. The van der Waals surface area contributed by atoms with Gasteiger partial charge in [-0.25, -0.2) is 4.98 Å². The number of carbonyl (C=O) groups excluding carboxylic acids is 2. The number of aliphatic hydroxyl groups excluding tert-OH is 1. The molecule has 0 spiro atoms. The van der Waals surface area contributed by atoms with Gasteiger partial charge in [0.05, 0.1) is 33.5 Å². The summed E-state index contributed by atoms with van der Waals surface area (Å²) in [5, 5.41) is 12.0. The quantitative estimate of drug-likeness (QED) is 0.229. The number of aromatic nitrogens is 2. The number of thiazole rings is 1. The molecule has 9 heteroatoms. The average molecular weight is 492 g/mol. The fourth-order valence-corrected chi connectivity index (χ4v) is 5.09. The number of aliphatic hydroxyl groups is 1. The molecule has 2 aromatic carbocycles. The van der Waals surface area contributed by atoms with E-state index in [1.165, 1.54) is 16.2 Å². The largest absolute Gasteiger partial charge is 0.507 e. The molecule has 0 saturated carbocycles. The molecular formula is C25H18ClN3O4S. The standard InChI is InChI=1S/C25H18ClN3O4S/c1-2-33-18-13-15(7-8-16(18)26)22(30)20-21(14-9-11-27-12-10-14)29(24(32)23(20)31)25-28-17-5-3-4-6-19(17)34-25/h3-13,21,30H,2H2,1H3/b22-20+. The number of halogens is 1. The molecule has 1 fully saturated rings. The molecule has 1 atom stereocenters. The van der Waals surface area contributed by atoms with E-state index < -0.39 is 17.7 Å². The first-order valence-corrected chi connectivity index (χ1v) is 11.7. The second-order valence-electron chi connectivity index (χ2n) is 7.49. The van der Waals surface area contributed by atoms with Gasteiger partial charge in [-0.1, -0.05) is 35.1 Å². The fraction of sp³-hybridized carbons (Fsp3) is 0.120. The molecule has 3 heterocycles. The molecule has 2 aromatic heterocycles. The average Bonchev–Trinajstić information content (AvgIpc) is 3.39. The number of pyridine rings is 1. The van der Waals surface area contributed by atoms with E-state index in [2.05, 4.69) is 9.97 Å². The van der Waals surface area contributed by atoms with Gasteiger partial charge in [-0.15, -0.1) is 0 Å². The van der Waals surface area contributed by atoms with Crippen LogP contribution in [0.4, 0.5) is 5.13 Å². The van der Waals surface area contributed by atoms with Crippen molar-refractivity contribution in [3.05, 3.63) is 88.7 Å². The van der Waals surface area contributed by atoms with Crippen molar-refractivity contribution in [3.8, 4) is 5.75 Å². The Balaban J connectivity index is 1.71. The van der Waals surface area contributed by atoms with Gasteiger partial charge >= 0.3 is 5.91 Å². The van der Waals surface area contributed by atoms with Crippen molar-refractivity contribution in [1.29, 1.82) is 0 Å². The molecule has 1 saturated heterocycles. The monoisotopic (exact) mass is 491 g/mol. The highest BCUT2D eigenvalue weighted by molar-refractivity contribution is 7.22. The molecule has 1 aliphatic rings. The topological polar surface area (TPSA) is 92.6 Å². The summed E-state index contributed by atoms with van der Waals surface area (Å²) in [6.45, 7) is 2.19. The Hall–Kier alpha value is -3.75. The highest BCUT2D eigenvalue weighted by Crippen LogP contribution is 2.44. The van der Waals surface area contributed by atoms with Crippen LogP contribution < -0.4 is 9.64 Å². The number of Topliss-reactive ketones (excluding diaryl/α,β-unsaturated/α-hetero) is 1. The number of hydrogen-bond acceptors (Lipinski definition) is 7. The van der Waals surface area contributed by atoms with Gasteiger partial charge in [-0.05, 0) is 55.0 Å². The molecule has 1 aliphatic heterocycles. The van der Waals surface area contributed by atoms with Crippen molar-refractivity contribution >= 4 is 55.7 Å². The van der Waals surface area contributed by atoms with Crippen molar-refractivity contribution in [2.75, 3.05) is 11.5 Å². The summed E-state index contributed by atoms with van der Waals surface area (Å²) in [5.41, 5.74) is 1.61. The van der Waals surface area contributed by atoms with Gasteiger partial charge in [0, 0.05) is 18.0 Å². The van der Waals surface area contributed by atoms with Crippen LogP contribution in [0.15, 0.2) is 72.6 Å². The van der Waals surface area contributed by atoms with Crippen LogP contribution >= 0.6 is 22.9 Å². The van der Waals surface area contributed by atoms with Crippen LogP contribution in [0.5, 0.6) is 5.75 Å². The van der Waals surface area contributed by atoms with Gasteiger partial charge in [0.25, 0.3) is 5.78 Å². The van der Waals surface area contributed by atoms with E-state index in [0.29, 0.717) is 33.6 Å². The number of anilines is 1. The van der Waals surface area contributed by atoms with Crippen LogP contribution in [0.2, 0.25) is 5.02 Å². The summed E-state index contributed by atoms with van der Waals surface area (Å²) in [4.78, 5) is 36.5. The third kappa shape index (κ3) is 3.70. The lowest BCUT2D eigenvalue weighted by atomic mass is 9.96. The third-order valence-electron chi connectivity index (χ3n) is 5.46. The maximum atomic E-state index is 13.3. The van der Waals surface area contributed by atoms with Gasteiger partial charge in [0.15, 0.2) is 5.13 Å². The van der Waals surface area contributed by atoms with Crippen LogP contribution in [0, 0.1) is 0 Å². The minimum absolute atomic E-state index is 0.0415. The zero-order valence-electron chi connectivity index (χ0n) is 17.9. The lowest BCUT2D eigenvalue weighted by molar-refractivity contribution is -0.132. The zero-order valence-corrected chi connectivity index (χ0v) is 19.5. The van der Waals surface area contributed by atoms with E-state index in [1.54, 1.807) is 42.7 Å². The molecule has 1 N–H and O–H groups in total. The number of nitrogens with zero attached hydrogens (tertiary/aromatic N) is 3. The van der Waals surface area contributed by atoms with Gasteiger partial charge in [-0.3, -0.25) is 19.5 Å². The lowest BCUT2D eigenvalue weighted by Crippen LogP contribution is -2.29. The number of benzene rings is 2. The highest BCUT2D eigenvalue weighted by Gasteiger charge is 2.48. The van der Waals surface area contributed by atoms with Crippen molar-refractivity contribution in [2.24, 2.45) is 0 Å². The molecule has 34 heavy (non-hydrogen) atoms. The SMILES string of the molecule is CCOc1cc(/C(O)=C2\C(=O)C(=O)N(c3nc4ccccc4s3)C2c2ccncc2)ccc1Cl. The van der Waals surface area contributed by atoms with Crippen molar-refractivity contribution < 1.29 is 19.4 Å². The molecule has 0 radical (unpaired) electrons. The molecule has 170 valence electrons. The normalized spacial score (nSPS) is 17.5. The summed E-state index contributed by atoms with van der Waals surface area (Å²) < 4.78 is 6.41. The van der Waals surface area contributed by atoms with Crippen LogP contribution in [-0.4, -0.2) is 33.4 Å². The molecule has 7 nitrogen and oxygen atoms in total. The molecular weight excluding hydrogens is 474 g/mol. The summed E-state index contributed by atoms with van der Waals surface area (Å²) in [5.74, 6) is -1.51. The number of carbonyl (C=O) groups is 2. The molecule has 1 unspecified atom stereocenters. The minimum Gasteiger partial charge on any atom is -0.507 e. The highest BCUT2D eigenvalue weighted by atomic mass is 35.5. The first-order valence-electron chi connectivity index (χ1n) is 10.5. The van der Waals surface area contributed by atoms with E-state index >= 15 is 0 Å². The number of hydrogen-bond donors (Lipinski definition) is 1. The van der Waals surface area contributed by atoms with E-state index in [9.17, 15) is 14.7 Å². The van der Waals surface area contributed by atoms with Gasteiger partial charge in [0.1, 0.15) is 11.5 Å². The maximum Gasteiger partial charge on any atom is 0.301 e. The minimum atomic E-state index is -0.880. The van der Waals surface area contributed by atoms with Crippen LogP contribution in [0.3, 0.4) is 0 Å². The summed E-state index contributed by atoms with van der Waals surface area (Å²) in [6, 6.07) is 14.7. The molecule has 0 bridgehead atoms. The van der Waals surface area contributed by atoms with Crippen LogP contribution in [0.1, 0.15) is 24.1 Å². The number of para-hydroxylation sites is 1. The predicted octanol–water partition coefficient (Wildman–Crippen LogP) is 5.37.